The van der Waals surface area contributed by atoms with Crippen LogP contribution in [0, 0.1) is 0 Å². The topological polar surface area (TPSA) is 64.7 Å². The van der Waals surface area contributed by atoms with Crippen LogP contribution >= 0.6 is 0 Å². The van der Waals surface area contributed by atoms with Crippen LogP contribution in [0.2, 0.25) is 0 Å². The number of carbonyl (C=O) groups excluding carboxylic acids is 1. The lowest BCUT2D eigenvalue weighted by Gasteiger charge is -2.11. The Labute approximate surface area is 141 Å². The van der Waals surface area contributed by atoms with Gasteiger partial charge in [-0.15, -0.1) is 0 Å². The van der Waals surface area contributed by atoms with Gasteiger partial charge in [0, 0.05) is 18.2 Å². The van der Waals surface area contributed by atoms with Crippen molar-refractivity contribution in [2.45, 2.75) is 46.2 Å². The van der Waals surface area contributed by atoms with E-state index in [9.17, 15) is 4.79 Å². The van der Waals surface area contributed by atoms with Gasteiger partial charge in [-0.05, 0) is 26.0 Å². The number of rotatable bonds is 5. The number of imidazole rings is 1. The lowest BCUT2D eigenvalue weighted by Crippen LogP contribution is -2.20. The first kappa shape index (κ1) is 16.2. The Morgan fingerprint density at radius 1 is 1.21 bits per heavy atom. The molecule has 0 fully saturated rings. The van der Waals surface area contributed by atoms with Gasteiger partial charge in [0.1, 0.15) is 12.4 Å². The van der Waals surface area contributed by atoms with Gasteiger partial charge in [-0.2, -0.15) is 5.10 Å². The second kappa shape index (κ2) is 6.47. The summed E-state index contributed by atoms with van der Waals surface area (Å²) in [5.74, 6) is 1.08. The summed E-state index contributed by atoms with van der Waals surface area (Å²) in [7, 11) is 0. The number of anilines is 1. The molecule has 0 bridgehead atoms. The maximum Gasteiger partial charge on any atom is 0.244 e. The van der Waals surface area contributed by atoms with Gasteiger partial charge in [0.25, 0.3) is 0 Å². The lowest BCUT2D eigenvalue weighted by atomic mass is 10.2. The molecular weight excluding hydrogens is 302 g/mol. The van der Waals surface area contributed by atoms with E-state index in [0.717, 1.165) is 16.9 Å². The molecule has 0 aliphatic rings. The first-order valence-electron chi connectivity index (χ1n) is 8.25. The third-order valence-electron chi connectivity index (χ3n) is 3.92. The van der Waals surface area contributed by atoms with Crippen molar-refractivity contribution in [1.82, 2.24) is 19.3 Å². The molecule has 0 atom stereocenters. The minimum Gasteiger partial charge on any atom is -0.322 e. The summed E-state index contributed by atoms with van der Waals surface area (Å²) in [4.78, 5) is 17.1. The van der Waals surface area contributed by atoms with Gasteiger partial charge in [0.15, 0.2) is 0 Å². The minimum atomic E-state index is -0.0802. The minimum absolute atomic E-state index is 0.0802. The van der Waals surface area contributed by atoms with Crippen LogP contribution in [0.5, 0.6) is 0 Å². The van der Waals surface area contributed by atoms with Crippen LogP contribution in [-0.2, 0) is 11.3 Å². The van der Waals surface area contributed by atoms with E-state index < -0.39 is 0 Å². The smallest absolute Gasteiger partial charge is 0.244 e. The Balaban J connectivity index is 1.83. The molecule has 2 heterocycles. The van der Waals surface area contributed by atoms with E-state index in [-0.39, 0.29) is 24.4 Å². The zero-order valence-electron chi connectivity index (χ0n) is 14.5. The van der Waals surface area contributed by atoms with Crippen molar-refractivity contribution >= 4 is 22.6 Å². The van der Waals surface area contributed by atoms with Gasteiger partial charge < -0.3 is 9.88 Å². The van der Waals surface area contributed by atoms with Crippen molar-refractivity contribution in [2.24, 2.45) is 0 Å². The first-order valence-corrected chi connectivity index (χ1v) is 8.25. The molecule has 1 amide bonds. The fourth-order valence-electron chi connectivity index (χ4n) is 2.73. The first-order chi connectivity index (χ1) is 11.5. The average molecular weight is 325 g/mol. The Morgan fingerprint density at radius 2 is 1.96 bits per heavy atom. The fraction of sp³-hybridized carbons (Fsp3) is 0.389. The summed E-state index contributed by atoms with van der Waals surface area (Å²) in [5, 5.41) is 7.16. The normalized spacial score (nSPS) is 11.6. The van der Waals surface area contributed by atoms with Gasteiger partial charge >= 0.3 is 0 Å². The van der Waals surface area contributed by atoms with E-state index in [0.29, 0.717) is 5.69 Å². The molecule has 0 saturated carbocycles. The molecule has 0 aliphatic carbocycles. The summed E-state index contributed by atoms with van der Waals surface area (Å²) in [5.41, 5.74) is 2.61. The summed E-state index contributed by atoms with van der Waals surface area (Å²) in [6.45, 7) is 8.50. The highest BCUT2D eigenvalue weighted by Gasteiger charge is 2.16. The number of benzene rings is 1. The Hall–Kier alpha value is -2.63. The molecule has 24 heavy (non-hydrogen) atoms. The van der Waals surface area contributed by atoms with Crippen LogP contribution in [0.25, 0.3) is 11.0 Å². The lowest BCUT2D eigenvalue weighted by molar-refractivity contribution is -0.116. The maximum absolute atomic E-state index is 12.5. The van der Waals surface area contributed by atoms with Gasteiger partial charge in [-0.1, -0.05) is 26.0 Å². The van der Waals surface area contributed by atoms with Crippen molar-refractivity contribution < 1.29 is 4.79 Å². The third kappa shape index (κ3) is 3.18. The third-order valence-corrected chi connectivity index (χ3v) is 3.92. The predicted octanol–water partition coefficient (Wildman–Crippen LogP) is 3.58. The van der Waals surface area contributed by atoms with Crippen LogP contribution in [-0.4, -0.2) is 25.2 Å². The molecule has 1 aromatic carbocycles. The zero-order chi connectivity index (χ0) is 17.3. The molecule has 6 nitrogen and oxygen atoms in total. The summed E-state index contributed by atoms with van der Waals surface area (Å²) in [6.07, 6.45) is 3.52. The molecule has 3 rings (SSSR count). The zero-order valence-corrected chi connectivity index (χ0v) is 14.5. The van der Waals surface area contributed by atoms with Crippen molar-refractivity contribution in [2.75, 3.05) is 5.32 Å². The number of hydrogen-bond donors (Lipinski definition) is 1. The van der Waals surface area contributed by atoms with Gasteiger partial charge in [0.05, 0.1) is 22.9 Å². The number of hydrogen-bond acceptors (Lipinski definition) is 3. The van der Waals surface area contributed by atoms with E-state index in [4.69, 9.17) is 0 Å². The summed E-state index contributed by atoms with van der Waals surface area (Å²) < 4.78 is 3.81. The molecule has 0 aliphatic heterocycles. The molecule has 1 N–H and O–H groups in total. The number of para-hydroxylation sites is 2. The van der Waals surface area contributed by atoms with E-state index in [1.54, 1.807) is 6.20 Å². The molecular formula is C18H23N5O. The largest absolute Gasteiger partial charge is 0.322 e. The molecule has 0 spiro atoms. The summed E-state index contributed by atoms with van der Waals surface area (Å²) in [6, 6.07) is 8.17. The van der Waals surface area contributed by atoms with Crippen LogP contribution < -0.4 is 5.32 Å². The van der Waals surface area contributed by atoms with Gasteiger partial charge in [0.2, 0.25) is 5.91 Å². The Morgan fingerprint density at radius 3 is 2.62 bits per heavy atom. The molecule has 2 aromatic heterocycles. The number of fused-ring (bicyclic) bond motifs is 1. The molecule has 6 heteroatoms. The van der Waals surface area contributed by atoms with Crippen LogP contribution in [0.4, 0.5) is 5.69 Å². The molecule has 3 aromatic rings. The van der Waals surface area contributed by atoms with E-state index >= 15 is 0 Å². The number of nitrogens with one attached hydrogen (secondary N) is 1. The monoisotopic (exact) mass is 325 g/mol. The van der Waals surface area contributed by atoms with Crippen molar-refractivity contribution in [1.29, 1.82) is 0 Å². The maximum atomic E-state index is 12.5. The van der Waals surface area contributed by atoms with Crippen LogP contribution in [0.1, 0.15) is 45.5 Å². The van der Waals surface area contributed by atoms with E-state index in [2.05, 4.69) is 29.2 Å². The standard InChI is InChI=1S/C18H23N5O/c1-12(2)18-21-15-7-5-6-8-16(15)22(18)11-17(24)20-14-9-19-23(10-14)13(3)4/h5-10,12-13H,11H2,1-4H3,(H,20,24). The van der Waals surface area contributed by atoms with Crippen LogP contribution in [0.15, 0.2) is 36.7 Å². The number of carbonyl (C=O) groups is 1. The van der Waals surface area contributed by atoms with E-state index in [1.165, 1.54) is 0 Å². The quantitative estimate of drug-likeness (QED) is 0.780. The van der Waals surface area contributed by atoms with Gasteiger partial charge in [-0.3, -0.25) is 9.48 Å². The second-order valence-electron chi connectivity index (χ2n) is 6.55. The molecule has 0 saturated heterocycles. The molecule has 0 radical (unpaired) electrons. The predicted molar refractivity (Wildman–Crippen MR) is 95.1 cm³/mol. The van der Waals surface area contributed by atoms with Crippen LogP contribution in [0.3, 0.4) is 0 Å². The van der Waals surface area contributed by atoms with Crippen molar-refractivity contribution in [3.05, 3.63) is 42.5 Å². The average Bonchev–Trinajstić information content (AvgIpc) is 3.13. The Bertz CT molecular complexity index is 859. The second-order valence-corrected chi connectivity index (χ2v) is 6.55. The SMILES string of the molecule is CC(C)c1nc2ccccc2n1CC(=O)Nc1cnn(C(C)C)c1. The molecule has 126 valence electrons. The Kier molecular flexibility index (Phi) is 4.38. The van der Waals surface area contributed by atoms with Crippen molar-refractivity contribution in [3.8, 4) is 0 Å². The number of nitrogens with zero attached hydrogens (tertiary/aromatic N) is 4. The van der Waals surface area contributed by atoms with Crippen molar-refractivity contribution in [3.63, 3.8) is 0 Å². The fourth-order valence-corrected chi connectivity index (χ4v) is 2.73. The summed E-state index contributed by atoms with van der Waals surface area (Å²) >= 11 is 0. The number of aromatic nitrogens is 4. The highest BCUT2D eigenvalue weighted by Crippen LogP contribution is 2.22. The highest BCUT2D eigenvalue weighted by atomic mass is 16.2. The van der Waals surface area contributed by atoms with Gasteiger partial charge in [-0.25, -0.2) is 4.98 Å². The van der Waals surface area contributed by atoms with E-state index in [1.807, 2.05) is 53.6 Å². The molecule has 0 unspecified atom stereocenters. The number of amides is 1. The highest BCUT2D eigenvalue weighted by molar-refractivity contribution is 5.91.